The smallest absolute Gasteiger partial charge is 0.309 e. The predicted molar refractivity (Wildman–Crippen MR) is 34.3 cm³/mol. The molecule has 0 aromatic rings. The molecule has 0 amide bonds. The molecule has 1 saturated carbocycles. The van der Waals surface area contributed by atoms with E-state index in [1.807, 2.05) is 0 Å². The molecule has 1 aliphatic carbocycles. The van der Waals surface area contributed by atoms with Gasteiger partial charge in [-0.25, -0.2) is 0 Å². The topological polar surface area (TPSA) is 43.4 Å². The lowest BCUT2D eigenvalue weighted by Crippen LogP contribution is -2.40. The van der Waals surface area contributed by atoms with Crippen molar-refractivity contribution in [3.8, 4) is 0 Å². The summed E-state index contributed by atoms with van der Waals surface area (Å²) < 4.78 is 4.48. The summed E-state index contributed by atoms with van der Waals surface area (Å²) in [6.07, 6.45) is 0.369. The van der Waals surface area contributed by atoms with Gasteiger partial charge in [-0.15, -0.1) is 0 Å². The first kappa shape index (κ1) is 7.25. The maximum absolute atomic E-state index is 10.8. The van der Waals surface area contributed by atoms with Gasteiger partial charge in [0, 0.05) is 12.3 Å². The summed E-state index contributed by atoms with van der Waals surface area (Å²) in [5, 5.41) is 0. The molecule has 0 aromatic carbocycles. The number of Topliss-reactive ketones (excluding diaryl/α,β-unsaturated/α-hetero) is 1. The van der Waals surface area contributed by atoms with E-state index in [2.05, 4.69) is 4.74 Å². The minimum absolute atomic E-state index is 0.118. The molecule has 0 spiro atoms. The second-order valence-corrected chi connectivity index (χ2v) is 2.59. The summed E-state index contributed by atoms with van der Waals surface area (Å²) in [7, 11) is 1.35. The molecule has 0 aliphatic heterocycles. The van der Waals surface area contributed by atoms with Gasteiger partial charge >= 0.3 is 5.97 Å². The van der Waals surface area contributed by atoms with E-state index in [-0.39, 0.29) is 23.6 Å². The number of ether oxygens (including phenoxy) is 1. The standard InChI is InChI=1S/C7H10O3/c1-4-5(3-6(4)8)7(9)10-2/h4-5H,3H2,1-2H3. The maximum Gasteiger partial charge on any atom is 0.309 e. The van der Waals surface area contributed by atoms with Gasteiger partial charge in [0.25, 0.3) is 0 Å². The Morgan fingerprint density at radius 1 is 1.70 bits per heavy atom. The number of carbonyl (C=O) groups is 2. The minimum Gasteiger partial charge on any atom is -0.469 e. The van der Waals surface area contributed by atoms with Crippen LogP contribution in [0.5, 0.6) is 0 Å². The molecule has 1 aliphatic rings. The van der Waals surface area contributed by atoms with E-state index in [1.54, 1.807) is 6.92 Å². The molecule has 0 saturated heterocycles. The number of ketones is 1. The molecule has 3 heteroatoms. The van der Waals surface area contributed by atoms with Gasteiger partial charge in [-0.1, -0.05) is 6.92 Å². The van der Waals surface area contributed by atoms with E-state index in [4.69, 9.17) is 0 Å². The van der Waals surface area contributed by atoms with Crippen LogP contribution in [-0.2, 0) is 14.3 Å². The molecule has 0 N–H and O–H groups in total. The molecule has 0 radical (unpaired) electrons. The van der Waals surface area contributed by atoms with Crippen LogP contribution in [0.15, 0.2) is 0 Å². The number of carbonyl (C=O) groups excluding carboxylic acids is 2. The molecule has 56 valence electrons. The number of hydrogen-bond donors (Lipinski definition) is 0. The Kier molecular flexibility index (Phi) is 1.74. The van der Waals surface area contributed by atoms with Gasteiger partial charge in [-0.2, -0.15) is 0 Å². The number of hydrogen-bond acceptors (Lipinski definition) is 3. The lowest BCUT2D eigenvalue weighted by atomic mass is 9.74. The quantitative estimate of drug-likeness (QED) is 0.497. The van der Waals surface area contributed by atoms with Crippen molar-refractivity contribution in [1.29, 1.82) is 0 Å². The fourth-order valence-corrected chi connectivity index (χ4v) is 1.08. The van der Waals surface area contributed by atoms with E-state index in [9.17, 15) is 9.59 Å². The molecule has 0 bridgehead atoms. The second-order valence-electron chi connectivity index (χ2n) is 2.59. The Bertz CT molecular complexity index is 174. The Labute approximate surface area is 59.4 Å². The second kappa shape index (κ2) is 2.40. The highest BCUT2D eigenvalue weighted by atomic mass is 16.5. The van der Waals surface area contributed by atoms with Crippen LogP contribution < -0.4 is 0 Å². The highest BCUT2D eigenvalue weighted by molar-refractivity contribution is 5.96. The largest absolute Gasteiger partial charge is 0.469 e. The maximum atomic E-state index is 10.8. The molecular weight excluding hydrogens is 132 g/mol. The fourth-order valence-electron chi connectivity index (χ4n) is 1.08. The highest BCUT2D eigenvalue weighted by Gasteiger charge is 2.41. The van der Waals surface area contributed by atoms with E-state index < -0.39 is 0 Å². The van der Waals surface area contributed by atoms with Gasteiger partial charge < -0.3 is 4.74 Å². The number of esters is 1. The number of methoxy groups -OCH3 is 1. The molecule has 1 fully saturated rings. The van der Waals surface area contributed by atoms with Gasteiger partial charge in [0.05, 0.1) is 13.0 Å². The van der Waals surface area contributed by atoms with E-state index in [0.717, 1.165) is 0 Å². The molecule has 0 aromatic heterocycles. The van der Waals surface area contributed by atoms with Gasteiger partial charge in [0.15, 0.2) is 0 Å². The first-order valence-electron chi connectivity index (χ1n) is 3.27. The van der Waals surface area contributed by atoms with Crippen molar-refractivity contribution >= 4 is 11.8 Å². The monoisotopic (exact) mass is 142 g/mol. The van der Waals surface area contributed by atoms with E-state index in [0.29, 0.717) is 6.42 Å². The lowest BCUT2D eigenvalue weighted by molar-refractivity contribution is -0.157. The summed E-state index contributed by atoms with van der Waals surface area (Å²) in [6.45, 7) is 1.76. The molecule has 2 unspecified atom stereocenters. The van der Waals surface area contributed by atoms with Crippen LogP contribution in [-0.4, -0.2) is 18.9 Å². The van der Waals surface area contributed by atoms with Crippen molar-refractivity contribution in [2.24, 2.45) is 11.8 Å². The summed E-state index contributed by atoms with van der Waals surface area (Å²) >= 11 is 0. The van der Waals surface area contributed by atoms with Crippen molar-refractivity contribution in [3.05, 3.63) is 0 Å². The third kappa shape index (κ3) is 0.916. The Morgan fingerprint density at radius 3 is 2.60 bits per heavy atom. The SMILES string of the molecule is COC(=O)C1CC(=O)C1C. The van der Waals surface area contributed by atoms with E-state index in [1.165, 1.54) is 7.11 Å². The first-order chi connectivity index (χ1) is 4.66. The zero-order valence-corrected chi connectivity index (χ0v) is 6.09. The Morgan fingerprint density at radius 2 is 2.30 bits per heavy atom. The summed E-state index contributed by atoms with van der Waals surface area (Å²) in [6, 6.07) is 0. The van der Waals surface area contributed by atoms with Crippen molar-refractivity contribution in [1.82, 2.24) is 0 Å². The fraction of sp³-hybridized carbons (Fsp3) is 0.714. The average molecular weight is 142 g/mol. The average Bonchev–Trinajstić information content (AvgIpc) is 1.98. The third-order valence-corrected chi connectivity index (χ3v) is 2.04. The van der Waals surface area contributed by atoms with Gasteiger partial charge in [-0.3, -0.25) is 9.59 Å². The summed E-state index contributed by atoms with van der Waals surface area (Å²) in [5.41, 5.74) is 0. The predicted octanol–water partition coefficient (Wildman–Crippen LogP) is 0.384. The molecule has 3 nitrogen and oxygen atoms in total. The number of rotatable bonds is 1. The van der Waals surface area contributed by atoms with Crippen LogP contribution in [0.2, 0.25) is 0 Å². The van der Waals surface area contributed by atoms with Crippen LogP contribution in [0.4, 0.5) is 0 Å². The highest BCUT2D eigenvalue weighted by Crippen LogP contribution is 2.30. The van der Waals surface area contributed by atoms with Gasteiger partial charge in [0.1, 0.15) is 5.78 Å². The van der Waals surface area contributed by atoms with Crippen molar-refractivity contribution in [2.75, 3.05) is 7.11 Å². The van der Waals surface area contributed by atoms with Gasteiger partial charge in [0.2, 0.25) is 0 Å². The third-order valence-electron chi connectivity index (χ3n) is 2.04. The Balaban J connectivity index is 2.47. The normalized spacial score (nSPS) is 31.2. The zero-order chi connectivity index (χ0) is 7.72. The summed E-state index contributed by atoms with van der Waals surface area (Å²) in [4.78, 5) is 21.4. The van der Waals surface area contributed by atoms with Crippen molar-refractivity contribution in [2.45, 2.75) is 13.3 Å². The molecule has 0 heterocycles. The molecule has 1 rings (SSSR count). The summed E-state index contributed by atoms with van der Waals surface area (Å²) in [5.74, 6) is -0.382. The van der Waals surface area contributed by atoms with Crippen molar-refractivity contribution < 1.29 is 14.3 Å². The van der Waals surface area contributed by atoms with Crippen LogP contribution in [0.1, 0.15) is 13.3 Å². The van der Waals surface area contributed by atoms with Crippen LogP contribution >= 0.6 is 0 Å². The lowest BCUT2D eigenvalue weighted by Gasteiger charge is -2.29. The Hall–Kier alpha value is -0.860. The van der Waals surface area contributed by atoms with Crippen LogP contribution in [0.3, 0.4) is 0 Å². The molecular formula is C7H10O3. The first-order valence-corrected chi connectivity index (χ1v) is 3.27. The molecule has 10 heavy (non-hydrogen) atoms. The minimum atomic E-state index is -0.257. The van der Waals surface area contributed by atoms with Crippen molar-refractivity contribution in [3.63, 3.8) is 0 Å². The van der Waals surface area contributed by atoms with Gasteiger partial charge in [-0.05, 0) is 0 Å². The zero-order valence-electron chi connectivity index (χ0n) is 6.09. The molecule has 2 atom stereocenters. The van der Waals surface area contributed by atoms with Crippen LogP contribution in [0.25, 0.3) is 0 Å². The van der Waals surface area contributed by atoms with Crippen LogP contribution in [0, 0.1) is 11.8 Å². The van der Waals surface area contributed by atoms with E-state index >= 15 is 0 Å².